The molecule has 22 heavy (non-hydrogen) atoms. The molecule has 5 nitrogen and oxygen atoms in total. The number of thiophene rings is 1. The molecular formula is C15H16N4OS2. The minimum Gasteiger partial charge on any atom is -0.337 e. The number of hydrogen-bond acceptors (Lipinski definition) is 6. The molecule has 1 fully saturated rings. The fourth-order valence-electron chi connectivity index (χ4n) is 2.58. The van der Waals surface area contributed by atoms with Crippen molar-refractivity contribution in [3.05, 3.63) is 38.5 Å². The highest BCUT2D eigenvalue weighted by molar-refractivity contribution is 7.12. The van der Waals surface area contributed by atoms with E-state index in [2.05, 4.69) is 21.3 Å². The topological polar surface area (TPSA) is 60.2 Å². The summed E-state index contributed by atoms with van der Waals surface area (Å²) in [7, 11) is 0. The molecule has 0 N–H and O–H groups in total. The van der Waals surface area contributed by atoms with Gasteiger partial charge in [-0.3, -0.25) is 9.69 Å². The zero-order valence-electron chi connectivity index (χ0n) is 12.1. The molecular weight excluding hydrogens is 316 g/mol. The number of nitriles is 1. The first-order valence-electron chi connectivity index (χ1n) is 7.14. The van der Waals surface area contributed by atoms with Crippen LogP contribution in [0.15, 0.2) is 22.3 Å². The van der Waals surface area contributed by atoms with Gasteiger partial charge < -0.3 is 4.90 Å². The summed E-state index contributed by atoms with van der Waals surface area (Å²) in [6, 6.07) is 3.81. The highest BCUT2D eigenvalue weighted by Crippen LogP contribution is 2.19. The van der Waals surface area contributed by atoms with Crippen LogP contribution in [0.5, 0.6) is 0 Å². The number of amides is 1. The van der Waals surface area contributed by atoms with Gasteiger partial charge in [0.1, 0.15) is 10.9 Å². The third kappa shape index (κ3) is 3.35. The number of thiazole rings is 1. The Morgan fingerprint density at radius 1 is 1.36 bits per heavy atom. The first-order valence-corrected chi connectivity index (χ1v) is 8.96. The van der Waals surface area contributed by atoms with E-state index in [1.165, 1.54) is 11.3 Å². The van der Waals surface area contributed by atoms with Gasteiger partial charge in [-0.1, -0.05) is 0 Å². The molecule has 3 rings (SSSR count). The van der Waals surface area contributed by atoms with E-state index in [0.717, 1.165) is 38.3 Å². The highest BCUT2D eigenvalue weighted by Gasteiger charge is 2.23. The molecule has 0 bridgehead atoms. The van der Waals surface area contributed by atoms with E-state index in [-0.39, 0.29) is 5.91 Å². The van der Waals surface area contributed by atoms with E-state index in [1.807, 2.05) is 10.4 Å². The first-order chi connectivity index (χ1) is 10.8. The highest BCUT2D eigenvalue weighted by atomic mass is 32.1. The second-order valence-electron chi connectivity index (χ2n) is 5.18. The summed E-state index contributed by atoms with van der Waals surface area (Å²) in [6.45, 7) is 4.10. The zero-order chi connectivity index (χ0) is 15.4. The van der Waals surface area contributed by atoms with Gasteiger partial charge in [0.05, 0.1) is 16.8 Å². The third-order valence-electron chi connectivity index (χ3n) is 3.72. The lowest BCUT2D eigenvalue weighted by molar-refractivity contribution is 0.0765. The molecule has 0 aliphatic carbocycles. The average Bonchev–Trinajstić information content (AvgIpc) is 3.15. The van der Waals surface area contributed by atoms with Crippen LogP contribution in [0.1, 0.15) is 27.3 Å². The molecule has 3 heterocycles. The third-order valence-corrected chi connectivity index (χ3v) is 5.26. The van der Waals surface area contributed by atoms with Gasteiger partial charge in [0.25, 0.3) is 5.91 Å². The van der Waals surface area contributed by atoms with Gasteiger partial charge in [-0.15, -0.1) is 22.7 Å². The second-order valence-corrected chi connectivity index (χ2v) is 6.81. The van der Waals surface area contributed by atoms with Crippen LogP contribution in [0.25, 0.3) is 0 Å². The van der Waals surface area contributed by atoms with Crippen molar-refractivity contribution in [3.63, 3.8) is 0 Å². The van der Waals surface area contributed by atoms with Gasteiger partial charge in [0.15, 0.2) is 0 Å². The Balaban J connectivity index is 1.63. The molecule has 1 saturated heterocycles. The molecule has 2 aromatic rings. The number of carbonyl (C=O) groups is 1. The van der Waals surface area contributed by atoms with E-state index < -0.39 is 0 Å². The Hall–Kier alpha value is -1.75. The summed E-state index contributed by atoms with van der Waals surface area (Å²) in [4.78, 5) is 21.7. The van der Waals surface area contributed by atoms with Gasteiger partial charge >= 0.3 is 0 Å². The summed E-state index contributed by atoms with van der Waals surface area (Å²) < 4.78 is 0. The summed E-state index contributed by atoms with van der Waals surface area (Å²) in [5, 5.41) is 12.9. The predicted octanol–water partition coefficient (Wildman–Crippen LogP) is 2.42. The predicted molar refractivity (Wildman–Crippen MR) is 86.9 cm³/mol. The Morgan fingerprint density at radius 2 is 2.27 bits per heavy atom. The lowest BCUT2D eigenvalue weighted by Gasteiger charge is -2.21. The maximum atomic E-state index is 12.6. The fraction of sp³-hybridized carbons (Fsp3) is 0.400. The number of rotatable bonds is 3. The van der Waals surface area contributed by atoms with Crippen molar-refractivity contribution in [2.45, 2.75) is 13.0 Å². The monoisotopic (exact) mass is 332 g/mol. The number of carbonyl (C=O) groups excluding carboxylic acids is 1. The van der Waals surface area contributed by atoms with Crippen LogP contribution in [-0.2, 0) is 6.54 Å². The smallest absolute Gasteiger partial charge is 0.265 e. The SMILES string of the molecule is N#Cc1ccsc1C(=O)N1CCCN(Cc2cscn2)CC1. The van der Waals surface area contributed by atoms with Crippen molar-refractivity contribution < 1.29 is 4.79 Å². The van der Waals surface area contributed by atoms with E-state index >= 15 is 0 Å². The number of nitrogens with zero attached hydrogens (tertiary/aromatic N) is 4. The Labute approximate surface area is 137 Å². The van der Waals surface area contributed by atoms with E-state index in [1.54, 1.807) is 22.8 Å². The molecule has 1 aliphatic rings. The summed E-state index contributed by atoms with van der Waals surface area (Å²) in [6.07, 6.45) is 0.948. The largest absolute Gasteiger partial charge is 0.337 e. The minimum atomic E-state index is -0.0120. The summed E-state index contributed by atoms with van der Waals surface area (Å²) >= 11 is 2.96. The molecule has 0 radical (unpaired) electrons. The lowest BCUT2D eigenvalue weighted by atomic mass is 10.2. The van der Waals surface area contributed by atoms with Crippen molar-refractivity contribution in [3.8, 4) is 6.07 Å². The van der Waals surface area contributed by atoms with Crippen LogP contribution in [-0.4, -0.2) is 46.9 Å². The van der Waals surface area contributed by atoms with Crippen molar-refractivity contribution in [1.29, 1.82) is 5.26 Å². The quantitative estimate of drug-likeness (QED) is 0.866. The Morgan fingerprint density at radius 3 is 3.05 bits per heavy atom. The Kier molecular flexibility index (Phi) is 4.83. The standard InChI is InChI=1S/C15H16N4OS2/c16-8-12-2-7-22-14(12)15(20)19-4-1-3-18(5-6-19)9-13-10-21-11-17-13/h2,7,10-11H,1,3-6,9H2. The maximum Gasteiger partial charge on any atom is 0.265 e. The van der Waals surface area contributed by atoms with E-state index in [4.69, 9.17) is 5.26 Å². The molecule has 0 unspecified atom stereocenters. The fourth-order valence-corrected chi connectivity index (χ4v) is 3.94. The van der Waals surface area contributed by atoms with Crippen molar-refractivity contribution in [1.82, 2.24) is 14.8 Å². The van der Waals surface area contributed by atoms with Gasteiger partial charge in [0, 0.05) is 38.1 Å². The van der Waals surface area contributed by atoms with Crippen LogP contribution in [0, 0.1) is 11.3 Å². The molecule has 7 heteroatoms. The molecule has 2 aromatic heterocycles. The van der Waals surface area contributed by atoms with Crippen LogP contribution < -0.4 is 0 Å². The van der Waals surface area contributed by atoms with Crippen molar-refractivity contribution in [2.75, 3.05) is 26.2 Å². The van der Waals surface area contributed by atoms with Crippen molar-refractivity contribution >= 4 is 28.6 Å². The Bertz CT molecular complexity index is 674. The van der Waals surface area contributed by atoms with Gasteiger partial charge in [-0.2, -0.15) is 5.26 Å². The molecule has 0 atom stereocenters. The van der Waals surface area contributed by atoms with E-state index in [0.29, 0.717) is 17.0 Å². The molecule has 0 spiro atoms. The zero-order valence-corrected chi connectivity index (χ0v) is 13.7. The summed E-state index contributed by atoms with van der Waals surface area (Å²) in [5.74, 6) is -0.0120. The lowest BCUT2D eigenvalue weighted by Crippen LogP contribution is -2.35. The molecule has 0 saturated carbocycles. The molecule has 1 aliphatic heterocycles. The number of hydrogen-bond donors (Lipinski definition) is 0. The van der Waals surface area contributed by atoms with Gasteiger partial charge in [0.2, 0.25) is 0 Å². The van der Waals surface area contributed by atoms with Gasteiger partial charge in [-0.25, -0.2) is 4.98 Å². The average molecular weight is 332 g/mol. The van der Waals surface area contributed by atoms with Crippen molar-refractivity contribution in [2.24, 2.45) is 0 Å². The minimum absolute atomic E-state index is 0.0120. The van der Waals surface area contributed by atoms with E-state index in [9.17, 15) is 4.79 Å². The first kappa shape index (κ1) is 15.2. The van der Waals surface area contributed by atoms with Crippen LogP contribution >= 0.6 is 22.7 Å². The number of aromatic nitrogens is 1. The second kappa shape index (κ2) is 7.01. The maximum absolute atomic E-state index is 12.6. The molecule has 0 aromatic carbocycles. The molecule has 114 valence electrons. The normalized spacial score (nSPS) is 16.2. The van der Waals surface area contributed by atoms with Gasteiger partial charge in [-0.05, 0) is 17.9 Å². The summed E-state index contributed by atoms with van der Waals surface area (Å²) in [5.41, 5.74) is 3.43. The van der Waals surface area contributed by atoms with Crippen LogP contribution in [0.2, 0.25) is 0 Å². The molecule has 1 amide bonds. The van der Waals surface area contributed by atoms with Crippen LogP contribution in [0.4, 0.5) is 0 Å². The van der Waals surface area contributed by atoms with Crippen LogP contribution in [0.3, 0.4) is 0 Å².